The van der Waals surface area contributed by atoms with Gasteiger partial charge in [-0.25, -0.2) is 4.98 Å². The summed E-state index contributed by atoms with van der Waals surface area (Å²) in [5.41, 5.74) is 1.15. The minimum absolute atomic E-state index is 0.904. The highest BCUT2D eigenvalue weighted by atomic mass is 79.9. The Labute approximate surface area is 112 Å². The van der Waals surface area contributed by atoms with Crippen LogP contribution in [-0.2, 0) is 13.1 Å². The minimum Gasteiger partial charge on any atom is -0.307 e. The van der Waals surface area contributed by atoms with Crippen LogP contribution in [0, 0.1) is 13.8 Å². The molecule has 0 aliphatic carbocycles. The zero-order chi connectivity index (χ0) is 11.5. The van der Waals surface area contributed by atoms with Crippen molar-refractivity contribution in [2.45, 2.75) is 26.9 Å². The highest BCUT2D eigenvalue weighted by molar-refractivity contribution is 9.10. The molecular formula is C11H13BrN2S2. The predicted molar refractivity (Wildman–Crippen MR) is 74.2 cm³/mol. The van der Waals surface area contributed by atoms with Gasteiger partial charge in [-0.3, -0.25) is 0 Å². The van der Waals surface area contributed by atoms with Crippen molar-refractivity contribution in [1.82, 2.24) is 10.3 Å². The molecule has 0 amide bonds. The van der Waals surface area contributed by atoms with Crippen LogP contribution in [0.2, 0.25) is 0 Å². The van der Waals surface area contributed by atoms with Gasteiger partial charge < -0.3 is 5.32 Å². The summed E-state index contributed by atoms with van der Waals surface area (Å²) >= 11 is 7.08. The van der Waals surface area contributed by atoms with Crippen LogP contribution in [0.1, 0.15) is 20.5 Å². The summed E-state index contributed by atoms with van der Waals surface area (Å²) < 4.78 is 1.20. The summed E-state index contributed by atoms with van der Waals surface area (Å²) in [7, 11) is 0. The van der Waals surface area contributed by atoms with Gasteiger partial charge in [0.2, 0.25) is 0 Å². The van der Waals surface area contributed by atoms with Crippen LogP contribution in [0.3, 0.4) is 0 Å². The summed E-state index contributed by atoms with van der Waals surface area (Å²) in [6.07, 6.45) is 0. The Bertz CT molecular complexity index is 476. The highest BCUT2D eigenvalue weighted by Crippen LogP contribution is 2.22. The van der Waals surface area contributed by atoms with E-state index in [2.05, 4.69) is 51.5 Å². The second kappa shape index (κ2) is 5.40. The Balaban J connectivity index is 1.89. The van der Waals surface area contributed by atoms with Crippen molar-refractivity contribution < 1.29 is 0 Å². The van der Waals surface area contributed by atoms with Gasteiger partial charge in [-0.1, -0.05) is 0 Å². The van der Waals surface area contributed by atoms with Crippen LogP contribution in [0.25, 0.3) is 0 Å². The SMILES string of the molecule is Cc1nc(C)c(CNCc2sccc2Br)s1. The molecule has 2 heterocycles. The molecule has 2 rings (SSSR count). The molecule has 0 bridgehead atoms. The summed E-state index contributed by atoms with van der Waals surface area (Å²) in [5, 5.41) is 6.70. The lowest BCUT2D eigenvalue weighted by molar-refractivity contribution is 0.703. The number of thiazole rings is 1. The molecule has 2 aromatic heterocycles. The first-order chi connectivity index (χ1) is 7.66. The van der Waals surface area contributed by atoms with Crippen LogP contribution in [0.4, 0.5) is 0 Å². The molecule has 0 aliphatic heterocycles. The maximum Gasteiger partial charge on any atom is 0.0900 e. The molecule has 86 valence electrons. The van der Waals surface area contributed by atoms with Crippen molar-refractivity contribution >= 4 is 38.6 Å². The van der Waals surface area contributed by atoms with Crippen molar-refractivity contribution in [2.24, 2.45) is 0 Å². The van der Waals surface area contributed by atoms with Crippen LogP contribution in [0.15, 0.2) is 15.9 Å². The maximum absolute atomic E-state index is 4.42. The van der Waals surface area contributed by atoms with Crippen molar-refractivity contribution in [3.05, 3.63) is 36.4 Å². The van der Waals surface area contributed by atoms with Crippen LogP contribution < -0.4 is 5.32 Å². The van der Waals surface area contributed by atoms with Crippen molar-refractivity contribution in [3.8, 4) is 0 Å². The van der Waals surface area contributed by atoms with E-state index in [1.54, 1.807) is 22.7 Å². The van der Waals surface area contributed by atoms with Gasteiger partial charge >= 0.3 is 0 Å². The fourth-order valence-electron chi connectivity index (χ4n) is 1.48. The number of thiophene rings is 1. The minimum atomic E-state index is 0.904. The summed E-state index contributed by atoms with van der Waals surface area (Å²) in [4.78, 5) is 7.10. The van der Waals surface area contributed by atoms with Gasteiger partial charge in [0.1, 0.15) is 0 Å². The second-order valence-corrected chi connectivity index (χ2v) is 6.68. The van der Waals surface area contributed by atoms with E-state index in [-0.39, 0.29) is 0 Å². The molecule has 2 aromatic rings. The number of hydrogen-bond donors (Lipinski definition) is 1. The average Bonchev–Trinajstić information content (AvgIpc) is 2.75. The Morgan fingerprint density at radius 2 is 2.06 bits per heavy atom. The van der Waals surface area contributed by atoms with Crippen LogP contribution >= 0.6 is 38.6 Å². The Morgan fingerprint density at radius 1 is 1.31 bits per heavy atom. The van der Waals surface area contributed by atoms with E-state index >= 15 is 0 Å². The van der Waals surface area contributed by atoms with E-state index in [0.717, 1.165) is 23.8 Å². The number of aryl methyl sites for hydroxylation is 2. The third-order valence-electron chi connectivity index (χ3n) is 2.26. The van der Waals surface area contributed by atoms with Crippen LogP contribution in [0.5, 0.6) is 0 Å². The molecule has 1 N–H and O–H groups in total. The molecule has 0 atom stereocenters. The number of halogens is 1. The van der Waals surface area contributed by atoms with Crippen molar-refractivity contribution in [2.75, 3.05) is 0 Å². The normalized spacial score (nSPS) is 10.9. The van der Waals surface area contributed by atoms with Gasteiger partial charge in [-0.15, -0.1) is 22.7 Å². The van der Waals surface area contributed by atoms with Crippen molar-refractivity contribution in [3.63, 3.8) is 0 Å². The van der Waals surface area contributed by atoms with Gasteiger partial charge in [-0.2, -0.15) is 0 Å². The first kappa shape index (κ1) is 12.2. The lowest BCUT2D eigenvalue weighted by atomic mass is 10.4. The molecule has 0 radical (unpaired) electrons. The summed E-state index contributed by atoms with van der Waals surface area (Å²) in [6, 6.07) is 2.09. The number of rotatable bonds is 4. The number of nitrogens with one attached hydrogen (secondary N) is 1. The van der Waals surface area contributed by atoms with E-state index in [4.69, 9.17) is 0 Å². The van der Waals surface area contributed by atoms with E-state index in [0.29, 0.717) is 0 Å². The van der Waals surface area contributed by atoms with Gasteiger partial charge in [-0.05, 0) is 41.2 Å². The molecule has 0 aliphatic rings. The molecular weight excluding hydrogens is 304 g/mol. The number of aromatic nitrogens is 1. The summed E-state index contributed by atoms with van der Waals surface area (Å²) in [6.45, 7) is 5.94. The third-order valence-corrected chi connectivity index (χ3v) is 5.26. The Kier molecular flexibility index (Phi) is 4.13. The molecule has 0 unspecified atom stereocenters. The fraction of sp³-hybridized carbons (Fsp3) is 0.364. The smallest absolute Gasteiger partial charge is 0.0900 e. The lowest BCUT2D eigenvalue weighted by Crippen LogP contribution is -2.11. The van der Waals surface area contributed by atoms with Gasteiger partial charge in [0, 0.05) is 27.3 Å². The second-order valence-electron chi connectivity index (χ2n) is 3.54. The summed E-state index contributed by atoms with van der Waals surface area (Å²) in [5.74, 6) is 0. The standard InChI is InChI=1S/C11H13BrN2S2/c1-7-10(16-8(2)14-7)5-13-6-11-9(12)3-4-15-11/h3-4,13H,5-6H2,1-2H3. The van der Waals surface area contributed by atoms with Gasteiger partial charge in [0.05, 0.1) is 10.7 Å². The highest BCUT2D eigenvalue weighted by Gasteiger charge is 2.05. The van der Waals surface area contributed by atoms with Gasteiger partial charge in [0.15, 0.2) is 0 Å². The predicted octanol–water partition coefficient (Wildman–Crippen LogP) is 3.87. The number of hydrogen-bond acceptors (Lipinski definition) is 4. The molecule has 0 saturated heterocycles. The zero-order valence-electron chi connectivity index (χ0n) is 9.21. The molecule has 5 heteroatoms. The quantitative estimate of drug-likeness (QED) is 0.926. The largest absolute Gasteiger partial charge is 0.307 e. The first-order valence-corrected chi connectivity index (χ1v) is 7.51. The van der Waals surface area contributed by atoms with E-state index in [1.165, 1.54) is 14.2 Å². The zero-order valence-corrected chi connectivity index (χ0v) is 12.4. The van der Waals surface area contributed by atoms with E-state index in [1.807, 2.05) is 0 Å². The molecule has 0 spiro atoms. The molecule has 16 heavy (non-hydrogen) atoms. The van der Waals surface area contributed by atoms with Crippen LogP contribution in [-0.4, -0.2) is 4.98 Å². The first-order valence-electron chi connectivity index (χ1n) is 5.02. The number of nitrogens with zero attached hydrogens (tertiary/aromatic N) is 1. The average molecular weight is 317 g/mol. The monoisotopic (exact) mass is 316 g/mol. The topological polar surface area (TPSA) is 24.9 Å². The Hall–Kier alpha value is -0.230. The molecule has 0 aromatic carbocycles. The Morgan fingerprint density at radius 3 is 2.62 bits per heavy atom. The maximum atomic E-state index is 4.42. The third kappa shape index (κ3) is 2.91. The molecule has 0 saturated carbocycles. The lowest BCUT2D eigenvalue weighted by Gasteiger charge is -2.02. The van der Waals surface area contributed by atoms with E-state index < -0.39 is 0 Å². The van der Waals surface area contributed by atoms with E-state index in [9.17, 15) is 0 Å². The molecule has 2 nitrogen and oxygen atoms in total. The van der Waals surface area contributed by atoms with Gasteiger partial charge in [0.25, 0.3) is 0 Å². The van der Waals surface area contributed by atoms with Crippen molar-refractivity contribution in [1.29, 1.82) is 0 Å². The molecule has 0 fully saturated rings. The fourth-order valence-corrected chi connectivity index (χ4v) is 3.85.